The summed E-state index contributed by atoms with van der Waals surface area (Å²) in [4.78, 5) is 38.3. The molecule has 2 aliphatic rings. The number of hydrogen-bond acceptors (Lipinski definition) is 5. The Bertz CT molecular complexity index is 881. The molecule has 1 aliphatic carbocycles. The van der Waals surface area contributed by atoms with E-state index in [4.69, 9.17) is 0 Å². The number of nitrogens with one attached hydrogen (secondary N) is 2. The number of likely N-dealkylation sites (tertiary alicyclic amines) is 1. The monoisotopic (exact) mass is 396 g/mol. The number of H-pyrrole nitrogens is 1. The number of aromatic amines is 1. The summed E-state index contributed by atoms with van der Waals surface area (Å²) in [6.07, 6.45) is 5.86. The fraction of sp³-hybridized carbons (Fsp3) is 0.476. The fourth-order valence-corrected chi connectivity index (χ4v) is 3.47. The highest BCUT2D eigenvalue weighted by Crippen LogP contribution is 2.24. The standard InChI is InChI=1S/C21H28N6O2/c1-25(2)11-14-8-18(22-9-14)21(29)27-12-17(13-27)26(3)20(28)15-4-7-19(23-10-15)24-16-5-6-16/h4,7-10,16-17,22H,5-6,11-13H2,1-3H3,(H,23,24). The summed E-state index contributed by atoms with van der Waals surface area (Å²) in [5.41, 5.74) is 2.24. The molecule has 2 aromatic rings. The zero-order valence-electron chi connectivity index (χ0n) is 17.2. The molecule has 0 spiro atoms. The Kier molecular flexibility index (Phi) is 5.27. The molecule has 0 aromatic carbocycles. The van der Waals surface area contributed by atoms with Gasteiger partial charge in [0.25, 0.3) is 11.8 Å². The number of carbonyl (C=O) groups is 2. The Morgan fingerprint density at radius 1 is 1.24 bits per heavy atom. The van der Waals surface area contributed by atoms with Gasteiger partial charge < -0.3 is 25.0 Å². The fourth-order valence-electron chi connectivity index (χ4n) is 3.47. The van der Waals surface area contributed by atoms with Crippen LogP contribution in [0.3, 0.4) is 0 Å². The maximum Gasteiger partial charge on any atom is 0.270 e. The van der Waals surface area contributed by atoms with Crippen molar-refractivity contribution in [3.05, 3.63) is 47.4 Å². The molecule has 154 valence electrons. The Balaban J connectivity index is 1.29. The van der Waals surface area contributed by atoms with E-state index in [-0.39, 0.29) is 17.9 Å². The number of nitrogens with zero attached hydrogens (tertiary/aromatic N) is 4. The average molecular weight is 396 g/mol. The topological polar surface area (TPSA) is 84.6 Å². The van der Waals surface area contributed by atoms with Crippen LogP contribution in [0.5, 0.6) is 0 Å². The van der Waals surface area contributed by atoms with Crippen LogP contribution in [-0.4, -0.2) is 82.8 Å². The number of aromatic nitrogens is 2. The van der Waals surface area contributed by atoms with E-state index in [1.54, 1.807) is 23.0 Å². The van der Waals surface area contributed by atoms with Crippen molar-refractivity contribution in [3.8, 4) is 0 Å². The van der Waals surface area contributed by atoms with Gasteiger partial charge in [-0.3, -0.25) is 9.59 Å². The van der Waals surface area contributed by atoms with E-state index in [2.05, 4.69) is 20.2 Å². The van der Waals surface area contributed by atoms with Crippen molar-refractivity contribution in [1.82, 2.24) is 24.7 Å². The highest BCUT2D eigenvalue weighted by atomic mass is 16.2. The first kappa shape index (κ1) is 19.4. The van der Waals surface area contributed by atoms with Gasteiger partial charge in [-0.05, 0) is 50.7 Å². The molecule has 2 aromatic heterocycles. The van der Waals surface area contributed by atoms with Gasteiger partial charge in [0.2, 0.25) is 0 Å². The van der Waals surface area contributed by atoms with Crippen molar-refractivity contribution in [2.24, 2.45) is 0 Å². The van der Waals surface area contributed by atoms with Crippen molar-refractivity contribution in [1.29, 1.82) is 0 Å². The molecule has 8 nitrogen and oxygen atoms in total. The normalized spacial score (nSPS) is 16.6. The molecule has 0 atom stereocenters. The van der Waals surface area contributed by atoms with E-state index in [0.717, 1.165) is 17.9 Å². The van der Waals surface area contributed by atoms with Crippen LogP contribution in [-0.2, 0) is 6.54 Å². The third-order valence-corrected chi connectivity index (χ3v) is 5.43. The lowest BCUT2D eigenvalue weighted by Crippen LogP contribution is -2.61. The second-order valence-corrected chi connectivity index (χ2v) is 8.29. The quantitative estimate of drug-likeness (QED) is 0.743. The van der Waals surface area contributed by atoms with E-state index in [1.807, 2.05) is 38.5 Å². The van der Waals surface area contributed by atoms with Crippen LogP contribution < -0.4 is 5.32 Å². The molecule has 2 N–H and O–H groups in total. The Labute approximate surface area is 170 Å². The van der Waals surface area contributed by atoms with Crippen LogP contribution >= 0.6 is 0 Å². The Morgan fingerprint density at radius 3 is 2.62 bits per heavy atom. The molecule has 0 unspecified atom stereocenters. The molecular weight excluding hydrogens is 368 g/mol. The van der Waals surface area contributed by atoms with Gasteiger partial charge in [-0.15, -0.1) is 0 Å². The van der Waals surface area contributed by atoms with Crippen LogP contribution in [0.4, 0.5) is 5.82 Å². The Morgan fingerprint density at radius 2 is 2.00 bits per heavy atom. The molecule has 2 fully saturated rings. The minimum absolute atomic E-state index is 0.0203. The summed E-state index contributed by atoms with van der Waals surface area (Å²) in [6.45, 7) is 1.86. The van der Waals surface area contributed by atoms with Gasteiger partial charge in [0.1, 0.15) is 11.5 Å². The van der Waals surface area contributed by atoms with E-state index < -0.39 is 0 Å². The van der Waals surface area contributed by atoms with E-state index >= 15 is 0 Å². The number of amides is 2. The summed E-state index contributed by atoms with van der Waals surface area (Å²) in [6, 6.07) is 6.11. The largest absolute Gasteiger partial charge is 0.367 e. The number of rotatable bonds is 7. The van der Waals surface area contributed by atoms with Crippen LogP contribution in [0.15, 0.2) is 30.6 Å². The van der Waals surface area contributed by atoms with E-state index in [0.29, 0.717) is 30.4 Å². The first-order chi connectivity index (χ1) is 13.9. The first-order valence-corrected chi connectivity index (χ1v) is 10.0. The van der Waals surface area contributed by atoms with Crippen molar-refractivity contribution < 1.29 is 9.59 Å². The van der Waals surface area contributed by atoms with Gasteiger partial charge in [-0.25, -0.2) is 4.98 Å². The number of carbonyl (C=O) groups excluding carboxylic acids is 2. The third kappa shape index (κ3) is 4.42. The highest BCUT2D eigenvalue weighted by Gasteiger charge is 2.36. The highest BCUT2D eigenvalue weighted by molar-refractivity contribution is 5.95. The van der Waals surface area contributed by atoms with Crippen molar-refractivity contribution in [2.75, 3.05) is 39.5 Å². The molecule has 0 radical (unpaired) electrons. The number of likely N-dealkylation sites (N-methyl/N-ethyl adjacent to an activating group) is 1. The molecule has 1 aliphatic heterocycles. The lowest BCUT2D eigenvalue weighted by molar-refractivity contribution is 0.0293. The average Bonchev–Trinajstić information content (AvgIpc) is 3.35. The molecule has 3 heterocycles. The van der Waals surface area contributed by atoms with E-state index in [1.165, 1.54) is 12.8 Å². The second-order valence-electron chi connectivity index (χ2n) is 8.29. The number of anilines is 1. The molecule has 2 amide bonds. The van der Waals surface area contributed by atoms with E-state index in [9.17, 15) is 9.59 Å². The minimum Gasteiger partial charge on any atom is -0.367 e. The summed E-state index contributed by atoms with van der Waals surface area (Å²) < 4.78 is 0. The van der Waals surface area contributed by atoms with Gasteiger partial charge in [0, 0.05) is 45.1 Å². The SMILES string of the molecule is CN(C)Cc1c[nH]c(C(=O)N2CC(N(C)C(=O)c3ccc(NC4CC4)nc3)C2)c1. The zero-order valence-corrected chi connectivity index (χ0v) is 17.2. The van der Waals surface area contributed by atoms with Crippen molar-refractivity contribution >= 4 is 17.6 Å². The van der Waals surface area contributed by atoms with Gasteiger partial charge >= 0.3 is 0 Å². The molecule has 29 heavy (non-hydrogen) atoms. The maximum atomic E-state index is 12.7. The third-order valence-electron chi connectivity index (χ3n) is 5.43. The number of hydrogen-bond donors (Lipinski definition) is 2. The summed E-state index contributed by atoms with van der Waals surface area (Å²) >= 11 is 0. The predicted octanol–water partition coefficient (Wildman–Crippen LogP) is 1.64. The Hall–Kier alpha value is -2.87. The van der Waals surface area contributed by atoms with Crippen LogP contribution in [0.2, 0.25) is 0 Å². The predicted molar refractivity (Wildman–Crippen MR) is 111 cm³/mol. The summed E-state index contributed by atoms with van der Waals surface area (Å²) in [5.74, 6) is 0.719. The van der Waals surface area contributed by atoms with Crippen LogP contribution in [0.1, 0.15) is 39.3 Å². The maximum absolute atomic E-state index is 12.7. The molecule has 1 saturated carbocycles. The van der Waals surface area contributed by atoms with Gasteiger partial charge in [0.05, 0.1) is 11.6 Å². The molecule has 1 saturated heterocycles. The van der Waals surface area contributed by atoms with Crippen LogP contribution in [0, 0.1) is 0 Å². The summed E-state index contributed by atoms with van der Waals surface area (Å²) in [7, 11) is 5.77. The first-order valence-electron chi connectivity index (χ1n) is 10.0. The molecule has 0 bridgehead atoms. The zero-order chi connectivity index (χ0) is 20.5. The molecular formula is C21H28N6O2. The molecule has 4 rings (SSSR count). The minimum atomic E-state index is -0.0688. The van der Waals surface area contributed by atoms with Gasteiger partial charge in [-0.2, -0.15) is 0 Å². The van der Waals surface area contributed by atoms with Crippen molar-refractivity contribution in [3.63, 3.8) is 0 Å². The number of pyridine rings is 1. The van der Waals surface area contributed by atoms with Crippen LogP contribution in [0.25, 0.3) is 0 Å². The lowest BCUT2D eigenvalue weighted by atomic mass is 10.1. The summed E-state index contributed by atoms with van der Waals surface area (Å²) in [5, 5.41) is 3.32. The second kappa shape index (κ2) is 7.87. The van der Waals surface area contributed by atoms with Gasteiger partial charge in [0.15, 0.2) is 0 Å². The molecule has 8 heteroatoms. The van der Waals surface area contributed by atoms with Gasteiger partial charge in [-0.1, -0.05) is 0 Å². The van der Waals surface area contributed by atoms with Crippen molar-refractivity contribution in [2.45, 2.75) is 31.5 Å². The lowest BCUT2D eigenvalue weighted by Gasteiger charge is -2.43. The smallest absolute Gasteiger partial charge is 0.270 e.